The summed E-state index contributed by atoms with van der Waals surface area (Å²) in [5, 5.41) is 0. The summed E-state index contributed by atoms with van der Waals surface area (Å²) in [6.45, 7) is 5.18. The minimum Gasteiger partial charge on any atom is -0.493 e. The molecule has 1 aliphatic rings. The van der Waals surface area contributed by atoms with Crippen molar-refractivity contribution in [1.82, 2.24) is 4.90 Å². The molecule has 1 atom stereocenters. The predicted molar refractivity (Wildman–Crippen MR) is 76.8 cm³/mol. The largest absolute Gasteiger partial charge is 0.493 e. The van der Waals surface area contributed by atoms with Crippen molar-refractivity contribution in [2.24, 2.45) is 5.92 Å². The number of likely N-dealkylation sites (N-methyl/N-ethyl adjacent to an activating group) is 1. The van der Waals surface area contributed by atoms with Crippen molar-refractivity contribution in [3.8, 4) is 5.75 Å². The highest BCUT2D eigenvalue weighted by molar-refractivity contribution is 6.00. The smallest absolute Gasteiger partial charge is 0.180 e. The van der Waals surface area contributed by atoms with Crippen LogP contribution >= 0.6 is 0 Å². The normalized spacial score (nSPS) is 16.4. The van der Waals surface area contributed by atoms with Gasteiger partial charge in [-0.15, -0.1) is 0 Å². The second-order valence-corrected chi connectivity index (χ2v) is 5.35. The minimum atomic E-state index is 0.138. The van der Waals surface area contributed by atoms with Gasteiger partial charge in [-0.2, -0.15) is 0 Å². The minimum absolute atomic E-state index is 0.138. The molecule has 3 heteroatoms. The Morgan fingerprint density at radius 3 is 2.74 bits per heavy atom. The molecule has 1 aliphatic carbocycles. The van der Waals surface area contributed by atoms with Gasteiger partial charge in [0.1, 0.15) is 5.75 Å². The van der Waals surface area contributed by atoms with Crippen LogP contribution in [0.1, 0.15) is 37.0 Å². The number of hydrogen-bond acceptors (Lipinski definition) is 3. The maximum absolute atomic E-state index is 12.4. The van der Waals surface area contributed by atoms with E-state index in [4.69, 9.17) is 4.74 Å². The topological polar surface area (TPSA) is 29.5 Å². The summed E-state index contributed by atoms with van der Waals surface area (Å²) < 4.78 is 5.52. The molecule has 1 saturated carbocycles. The average molecular weight is 261 g/mol. The third-order valence-electron chi connectivity index (χ3n) is 3.88. The zero-order valence-corrected chi connectivity index (χ0v) is 12.1. The van der Waals surface area contributed by atoms with Gasteiger partial charge in [0.15, 0.2) is 5.78 Å². The number of rotatable bonds is 7. The monoisotopic (exact) mass is 261 g/mol. The van der Waals surface area contributed by atoms with Crippen LogP contribution in [0.2, 0.25) is 0 Å². The van der Waals surface area contributed by atoms with Gasteiger partial charge in [-0.05, 0) is 51.8 Å². The molecular formula is C16H23NO2. The molecule has 0 radical (unpaired) electrons. The highest BCUT2D eigenvalue weighted by Gasteiger charge is 2.31. The summed E-state index contributed by atoms with van der Waals surface area (Å²) in [5.74, 6) is 1.61. The van der Waals surface area contributed by atoms with Crippen LogP contribution in [0.3, 0.4) is 0 Å². The van der Waals surface area contributed by atoms with E-state index in [0.717, 1.165) is 5.92 Å². The Labute approximate surface area is 115 Å². The van der Waals surface area contributed by atoms with E-state index in [0.29, 0.717) is 30.5 Å². The molecule has 0 amide bonds. The van der Waals surface area contributed by atoms with Gasteiger partial charge in [0, 0.05) is 6.04 Å². The van der Waals surface area contributed by atoms with Gasteiger partial charge in [-0.1, -0.05) is 12.1 Å². The van der Waals surface area contributed by atoms with Crippen LogP contribution in [0.15, 0.2) is 24.3 Å². The van der Waals surface area contributed by atoms with Gasteiger partial charge in [-0.25, -0.2) is 0 Å². The van der Waals surface area contributed by atoms with Crippen LogP contribution in [0.4, 0.5) is 0 Å². The fourth-order valence-electron chi connectivity index (χ4n) is 2.37. The lowest BCUT2D eigenvalue weighted by molar-refractivity contribution is 0.0913. The molecule has 0 aromatic heterocycles. The number of carbonyl (C=O) groups is 1. The van der Waals surface area contributed by atoms with Crippen molar-refractivity contribution in [2.45, 2.75) is 32.7 Å². The molecule has 2 rings (SSSR count). The van der Waals surface area contributed by atoms with Crippen molar-refractivity contribution in [3.05, 3.63) is 29.8 Å². The fourth-order valence-corrected chi connectivity index (χ4v) is 2.37. The second kappa shape index (κ2) is 6.20. The molecule has 104 valence electrons. The zero-order chi connectivity index (χ0) is 13.8. The molecule has 0 N–H and O–H groups in total. The first-order chi connectivity index (χ1) is 9.13. The first kappa shape index (κ1) is 14.1. The van der Waals surface area contributed by atoms with Crippen molar-refractivity contribution in [1.29, 1.82) is 0 Å². The lowest BCUT2D eigenvalue weighted by atomic mass is 10.1. The molecule has 0 spiro atoms. The summed E-state index contributed by atoms with van der Waals surface area (Å²) >= 11 is 0. The second-order valence-electron chi connectivity index (χ2n) is 5.35. The van der Waals surface area contributed by atoms with Crippen LogP contribution in [0.5, 0.6) is 5.75 Å². The number of para-hydroxylation sites is 1. The predicted octanol–water partition coefficient (Wildman–Crippen LogP) is 3.00. The van der Waals surface area contributed by atoms with E-state index in [1.54, 1.807) is 0 Å². The Balaban J connectivity index is 2.02. The molecule has 1 aromatic rings. The molecule has 1 fully saturated rings. The van der Waals surface area contributed by atoms with Crippen molar-refractivity contribution in [3.63, 3.8) is 0 Å². The lowest BCUT2D eigenvalue weighted by Crippen LogP contribution is -2.35. The third kappa shape index (κ3) is 3.57. The highest BCUT2D eigenvalue weighted by Crippen LogP contribution is 2.34. The van der Waals surface area contributed by atoms with Crippen LogP contribution in [0, 0.1) is 5.92 Å². The van der Waals surface area contributed by atoms with Crippen LogP contribution < -0.4 is 4.74 Å². The van der Waals surface area contributed by atoms with Gasteiger partial charge in [-0.3, -0.25) is 9.69 Å². The van der Waals surface area contributed by atoms with E-state index < -0.39 is 0 Å². The average Bonchev–Trinajstić information content (AvgIpc) is 3.23. The van der Waals surface area contributed by atoms with Crippen molar-refractivity contribution >= 4 is 5.78 Å². The van der Waals surface area contributed by atoms with Gasteiger partial charge >= 0.3 is 0 Å². The number of hydrogen-bond donors (Lipinski definition) is 0. The van der Waals surface area contributed by atoms with Crippen LogP contribution in [0.25, 0.3) is 0 Å². The Hall–Kier alpha value is -1.35. The standard InChI is InChI=1S/C16H23NO2/c1-4-19-16-8-6-5-7-14(16)15(18)11-17(3)12(2)13-9-10-13/h5-8,12-13H,4,9-11H2,1-3H3. The number of ketones is 1. The SMILES string of the molecule is CCOc1ccccc1C(=O)CN(C)C(C)C1CC1. The Kier molecular flexibility index (Phi) is 4.59. The molecular weight excluding hydrogens is 238 g/mol. The Bertz CT molecular complexity index is 440. The number of benzene rings is 1. The quantitative estimate of drug-likeness (QED) is 0.707. The number of Topliss-reactive ketones (excluding diaryl/α,β-unsaturated/α-hetero) is 1. The molecule has 3 nitrogen and oxygen atoms in total. The van der Waals surface area contributed by atoms with Gasteiger partial charge in [0.2, 0.25) is 0 Å². The molecule has 0 bridgehead atoms. The van der Waals surface area contributed by atoms with E-state index >= 15 is 0 Å². The van der Waals surface area contributed by atoms with Gasteiger partial charge in [0.05, 0.1) is 18.7 Å². The van der Waals surface area contributed by atoms with E-state index in [2.05, 4.69) is 11.8 Å². The molecule has 19 heavy (non-hydrogen) atoms. The summed E-state index contributed by atoms with van der Waals surface area (Å²) in [6.07, 6.45) is 2.60. The zero-order valence-electron chi connectivity index (χ0n) is 12.1. The highest BCUT2D eigenvalue weighted by atomic mass is 16.5. The Morgan fingerprint density at radius 1 is 1.42 bits per heavy atom. The van der Waals surface area contributed by atoms with E-state index in [-0.39, 0.29) is 5.78 Å². The lowest BCUT2D eigenvalue weighted by Gasteiger charge is -2.24. The molecule has 1 unspecified atom stereocenters. The molecule has 1 aromatic carbocycles. The number of ether oxygens (including phenoxy) is 1. The molecule has 0 aliphatic heterocycles. The number of carbonyl (C=O) groups excluding carboxylic acids is 1. The summed E-state index contributed by atoms with van der Waals surface area (Å²) in [6, 6.07) is 7.99. The summed E-state index contributed by atoms with van der Waals surface area (Å²) in [4.78, 5) is 14.5. The van der Waals surface area contributed by atoms with Crippen LogP contribution in [-0.2, 0) is 0 Å². The van der Waals surface area contributed by atoms with Gasteiger partial charge in [0.25, 0.3) is 0 Å². The molecule has 0 saturated heterocycles. The van der Waals surface area contributed by atoms with Gasteiger partial charge < -0.3 is 4.74 Å². The van der Waals surface area contributed by atoms with E-state index in [1.807, 2.05) is 38.2 Å². The number of nitrogens with zero attached hydrogens (tertiary/aromatic N) is 1. The first-order valence-corrected chi connectivity index (χ1v) is 7.08. The maximum Gasteiger partial charge on any atom is 0.180 e. The van der Waals surface area contributed by atoms with E-state index in [9.17, 15) is 4.79 Å². The van der Waals surface area contributed by atoms with Crippen LogP contribution in [-0.4, -0.2) is 36.9 Å². The summed E-state index contributed by atoms with van der Waals surface area (Å²) in [5.41, 5.74) is 0.694. The van der Waals surface area contributed by atoms with Crippen molar-refractivity contribution < 1.29 is 9.53 Å². The fraction of sp³-hybridized carbons (Fsp3) is 0.562. The summed E-state index contributed by atoms with van der Waals surface area (Å²) in [7, 11) is 2.03. The van der Waals surface area contributed by atoms with E-state index in [1.165, 1.54) is 12.8 Å². The Morgan fingerprint density at radius 2 is 2.11 bits per heavy atom. The third-order valence-corrected chi connectivity index (χ3v) is 3.88. The first-order valence-electron chi connectivity index (χ1n) is 7.08. The maximum atomic E-state index is 12.4. The molecule has 0 heterocycles. The van der Waals surface area contributed by atoms with Crippen molar-refractivity contribution in [2.75, 3.05) is 20.2 Å².